The molecule has 10 heteroatoms. The molecule has 7 nitrogen and oxygen atoms in total. The minimum Gasteiger partial charge on any atom is -0.481 e. The van der Waals surface area contributed by atoms with Crippen LogP contribution >= 0.6 is 35.3 Å². The van der Waals surface area contributed by atoms with Crippen molar-refractivity contribution in [1.29, 1.82) is 0 Å². The molecule has 2 N–H and O–H groups in total. The highest BCUT2D eigenvalue weighted by Gasteiger charge is 2.31. The van der Waals surface area contributed by atoms with Gasteiger partial charge in [0.25, 0.3) is 5.91 Å². The third-order valence-electron chi connectivity index (χ3n) is 4.91. The number of aliphatic carboxylic acids is 1. The zero-order valence-electron chi connectivity index (χ0n) is 16.9. The molecule has 0 bridgehead atoms. The van der Waals surface area contributed by atoms with Crippen LogP contribution in [0.25, 0.3) is 27.6 Å². The third-order valence-corrected chi connectivity index (χ3v) is 7.14. The Morgan fingerprint density at radius 1 is 1.19 bits per heavy atom. The molecular formula is C22H19N3O4S3. The lowest BCUT2D eigenvalue weighted by Gasteiger charge is -2.13. The number of amides is 1. The van der Waals surface area contributed by atoms with E-state index in [1.54, 1.807) is 11.0 Å². The van der Waals surface area contributed by atoms with Crippen LogP contribution < -0.4 is 4.87 Å². The van der Waals surface area contributed by atoms with Gasteiger partial charge in [0, 0.05) is 18.5 Å². The van der Waals surface area contributed by atoms with E-state index in [1.807, 2.05) is 36.4 Å². The van der Waals surface area contributed by atoms with E-state index in [2.05, 4.69) is 9.97 Å². The van der Waals surface area contributed by atoms with E-state index in [4.69, 9.17) is 17.3 Å². The summed E-state index contributed by atoms with van der Waals surface area (Å²) in [6.07, 6.45) is 3.89. The highest BCUT2D eigenvalue weighted by atomic mass is 32.2. The molecular weight excluding hydrogens is 466 g/mol. The first-order valence-corrected chi connectivity index (χ1v) is 12.0. The monoisotopic (exact) mass is 485 g/mol. The molecule has 1 saturated heterocycles. The third kappa shape index (κ3) is 5.14. The molecule has 164 valence electrons. The number of nitrogens with zero attached hydrogens (tertiary/aromatic N) is 2. The molecule has 1 aliphatic rings. The molecule has 2 aromatic heterocycles. The van der Waals surface area contributed by atoms with Gasteiger partial charge in [-0.1, -0.05) is 53.9 Å². The van der Waals surface area contributed by atoms with Crippen molar-refractivity contribution >= 4 is 67.8 Å². The molecule has 0 aliphatic carbocycles. The number of nitrogens with one attached hydrogen (secondary N) is 1. The SMILES string of the molecule is O=C(O)CCCCCN1C(=O)/C(=C/c2cccc(-c3ccc4[nH]c(=O)sc4c3)n2)SC1=S. The smallest absolute Gasteiger partial charge is 0.305 e. The molecule has 0 atom stereocenters. The van der Waals surface area contributed by atoms with Crippen LogP contribution in [0.5, 0.6) is 0 Å². The summed E-state index contributed by atoms with van der Waals surface area (Å²) in [5.41, 5.74) is 3.07. The zero-order valence-corrected chi connectivity index (χ0v) is 19.3. The lowest BCUT2D eigenvalue weighted by Crippen LogP contribution is -2.29. The molecule has 0 saturated carbocycles. The topological polar surface area (TPSA) is 103 Å². The second kappa shape index (κ2) is 9.76. The number of hydrogen-bond donors (Lipinski definition) is 2. The van der Waals surface area contributed by atoms with Crippen LogP contribution in [-0.4, -0.2) is 42.7 Å². The Hall–Kier alpha value is -2.82. The minimum atomic E-state index is -0.808. The summed E-state index contributed by atoms with van der Waals surface area (Å²) < 4.78 is 1.37. The van der Waals surface area contributed by atoms with Crippen molar-refractivity contribution in [3.8, 4) is 11.3 Å². The molecule has 1 fully saturated rings. The van der Waals surface area contributed by atoms with Gasteiger partial charge in [-0.05, 0) is 43.2 Å². The average Bonchev–Trinajstić information content (AvgIpc) is 3.26. The number of hydrogen-bond acceptors (Lipinski definition) is 7. The van der Waals surface area contributed by atoms with Crippen molar-refractivity contribution in [2.24, 2.45) is 0 Å². The number of H-pyrrole nitrogens is 1. The second-order valence-electron chi connectivity index (χ2n) is 7.21. The molecule has 1 aliphatic heterocycles. The number of carboxylic acid groups (broad SMARTS) is 1. The second-order valence-corrected chi connectivity index (χ2v) is 9.90. The fourth-order valence-corrected chi connectivity index (χ4v) is 5.42. The first kappa shape index (κ1) is 22.4. The van der Waals surface area contributed by atoms with E-state index < -0.39 is 5.97 Å². The van der Waals surface area contributed by atoms with Gasteiger partial charge in [-0.3, -0.25) is 19.3 Å². The van der Waals surface area contributed by atoms with E-state index in [9.17, 15) is 14.4 Å². The van der Waals surface area contributed by atoms with Gasteiger partial charge >= 0.3 is 10.8 Å². The summed E-state index contributed by atoms with van der Waals surface area (Å²) in [6, 6.07) is 11.3. The summed E-state index contributed by atoms with van der Waals surface area (Å²) in [5, 5.41) is 8.71. The average molecular weight is 486 g/mol. The lowest BCUT2D eigenvalue weighted by atomic mass is 10.1. The van der Waals surface area contributed by atoms with Gasteiger partial charge in [-0.25, -0.2) is 4.98 Å². The van der Waals surface area contributed by atoms with Gasteiger partial charge in [0.05, 0.1) is 26.5 Å². The minimum absolute atomic E-state index is 0.0947. The van der Waals surface area contributed by atoms with Crippen molar-refractivity contribution in [3.05, 3.63) is 56.7 Å². The number of rotatable bonds is 8. The summed E-state index contributed by atoms with van der Waals surface area (Å²) in [6.45, 7) is 0.481. The number of aromatic nitrogens is 2. The molecule has 1 amide bonds. The Kier molecular flexibility index (Phi) is 6.83. The van der Waals surface area contributed by atoms with E-state index in [-0.39, 0.29) is 17.2 Å². The molecule has 3 aromatic rings. The van der Waals surface area contributed by atoms with Crippen LogP contribution in [0.4, 0.5) is 0 Å². The van der Waals surface area contributed by atoms with Gasteiger partial charge in [-0.15, -0.1) is 0 Å². The van der Waals surface area contributed by atoms with Crippen LogP contribution in [0, 0.1) is 0 Å². The summed E-state index contributed by atoms with van der Waals surface area (Å²) in [5.74, 6) is -0.957. The molecule has 0 radical (unpaired) electrons. The highest BCUT2D eigenvalue weighted by Crippen LogP contribution is 2.33. The number of fused-ring (bicyclic) bond motifs is 1. The molecule has 32 heavy (non-hydrogen) atoms. The van der Waals surface area contributed by atoms with Gasteiger partial charge in [0.15, 0.2) is 0 Å². The van der Waals surface area contributed by atoms with Crippen LogP contribution in [0.15, 0.2) is 46.1 Å². The number of carbonyl (C=O) groups is 2. The predicted molar refractivity (Wildman–Crippen MR) is 132 cm³/mol. The van der Waals surface area contributed by atoms with Crippen LogP contribution in [0.3, 0.4) is 0 Å². The maximum atomic E-state index is 12.8. The number of thioether (sulfide) groups is 1. The standard InChI is InChI=1S/C22H19N3O4S3/c26-19(27)7-2-1-3-10-25-20(28)18(32-22(25)30)12-14-5-4-6-15(23-14)13-8-9-16-17(11-13)31-21(29)24-16/h4-6,8-9,11-12H,1-3,7,10H2,(H,24,29)(H,26,27)/b18-12-. The van der Waals surface area contributed by atoms with E-state index in [0.29, 0.717) is 34.3 Å². The number of carboxylic acids is 1. The predicted octanol–water partition coefficient (Wildman–Crippen LogP) is 4.50. The van der Waals surface area contributed by atoms with Crippen LogP contribution in [-0.2, 0) is 9.59 Å². The summed E-state index contributed by atoms with van der Waals surface area (Å²) in [4.78, 5) is 44.4. The molecule has 1 aromatic carbocycles. The Labute approximate surface area is 197 Å². The quantitative estimate of drug-likeness (QED) is 0.275. The number of benzene rings is 1. The van der Waals surface area contributed by atoms with Crippen LogP contribution in [0.1, 0.15) is 31.4 Å². The van der Waals surface area contributed by atoms with E-state index in [1.165, 1.54) is 11.8 Å². The zero-order chi connectivity index (χ0) is 22.7. The molecule has 0 spiro atoms. The number of unbranched alkanes of at least 4 members (excludes halogenated alkanes) is 2. The number of pyridine rings is 1. The largest absolute Gasteiger partial charge is 0.481 e. The van der Waals surface area contributed by atoms with Crippen molar-refractivity contribution in [1.82, 2.24) is 14.9 Å². The number of carbonyl (C=O) groups excluding carboxylic acids is 1. The van der Waals surface area contributed by atoms with Gasteiger partial charge in [0.2, 0.25) is 0 Å². The number of thiocarbonyl (C=S) groups is 1. The Morgan fingerprint density at radius 3 is 2.84 bits per heavy atom. The fraction of sp³-hybridized carbons (Fsp3) is 0.227. The first-order valence-electron chi connectivity index (χ1n) is 9.98. The maximum absolute atomic E-state index is 12.8. The van der Waals surface area contributed by atoms with Crippen molar-refractivity contribution in [3.63, 3.8) is 0 Å². The van der Waals surface area contributed by atoms with Crippen molar-refractivity contribution < 1.29 is 14.7 Å². The molecule has 4 rings (SSSR count). The Morgan fingerprint density at radius 2 is 2.03 bits per heavy atom. The summed E-state index contributed by atoms with van der Waals surface area (Å²) >= 11 is 7.77. The van der Waals surface area contributed by atoms with E-state index in [0.717, 1.165) is 39.2 Å². The highest BCUT2D eigenvalue weighted by molar-refractivity contribution is 8.26. The Balaban J connectivity index is 1.47. The van der Waals surface area contributed by atoms with Crippen molar-refractivity contribution in [2.75, 3.05) is 6.54 Å². The van der Waals surface area contributed by atoms with Gasteiger partial charge in [-0.2, -0.15) is 0 Å². The van der Waals surface area contributed by atoms with Gasteiger partial charge in [0.1, 0.15) is 4.32 Å². The van der Waals surface area contributed by atoms with Crippen molar-refractivity contribution in [2.45, 2.75) is 25.7 Å². The number of aromatic amines is 1. The summed E-state index contributed by atoms with van der Waals surface area (Å²) in [7, 11) is 0. The van der Waals surface area contributed by atoms with Gasteiger partial charge < -0.3 is 10.1 Å². The molecule has 3 heterocycles. The number of thiazole rings is 1. The Bertz CT molecular complexity index is 1290. The van der Waals surface area contributed by atoms with E-state index >= 15 is 0 Å². The molecule has 0 unspecified atom stereocenters. The fourth-order valence-electron chi connectivity index (χ4n) is 3.35. The maximum Gasteiger partial charge on any atom is 0.305 e. The first-order chi connectivity index (χ1) is 15.4. The normalized spacial score (nSPS) is 15.2. The van der Waals surface area contributed by atoms with Crippen LogP contribution in [0.2, 0.25) is 0 Å². The lowest BCUT2D eigenvalue weighted by molar-refractivity contribution is -0.137.